The number of pyridine rings is 1. The predicted molar refractivity (Wildman–Crippen MR) is 97.8 cm³/mol. The van der Waals surface area contributed by atoms with Gasteiger partial charge in [0, 0.05) is 45.0 Å². The zero-order valence-electron chi connectivity index (χ0n) is 15.6. The molecule has 0 saturated carbocycles. The quantitative estimate of drug-likeness (QED) is 0.777. The van der Waals surface area contributed by atoms with E-state index in [0.29, 0.717) is 32.7 Å². The molecule has 3 heterocycles. The van der Waals surface area contributed by atoms with Crippen molar-refractivity contribution in [2.75, 3.05) is 38.7 Å². The van der Waals surface area contributed by atoms with Gasteiger partial charge in [0.15, 0.2) is 0 Å². The van der Waals surface area contributed by atoms with Crippen LogP contribution in [0.15, 0.2) is 24.8 Å². The number of morpholine rings is 1. The van der Waals surface area contributed by atoms with Gasteiger partial charge in [-0.2, -0.15) is 5.10 Å². The summed E-state index contributed by atoms with van der Waals surface area (Å²) in [6, 6.07) is 4.08. The Morgan fingerprint density at radius 2 is 2.23 bits per heavy atom. The zero-order valence-corrected chi connectivity index (χ0v) is 15.6. The van der Waals surface area contributed by atoms with Crippen LogP contribution in [0.2, 0.25) is 0 Å². The molecule has 1 atom stereocenters. The van der Waals surface area contributed by atoms with Crippen molar-refractivity contribution in [2.24, 2.45) is 0 Å². The summed E-state index contributed by atoms with van der Waals surface area (Å²) >= 11 is 0. The minimum atomic E-state index is -0.179. The molecule has 0 radical (unpaired) electrons. The van der Waals surface area contributed by atoms with E-state index in [-0.39, 0.29) is 12.0 Å². The van der Waals surface area contributed by atoms with Gasteiger partial charge < -0.3 is 14.5 Å². The first kappa shape index (κ1) is 18.3. The second-order valence-corrected chi connectivity index (χ2v) is 6.75. The molecule has 1 amide bonds. The van der Waals surface area contributed by atoms with E-state index in [9.17, 15) is 4.79 Å². The lowest BCUT2D eigenvalue weighted by Crippen LogP contribution is -2.42. The van der Waals surface area contributed by atoms with Gasteiger partial charge in [-0.3, -0.25) is 14.5 Å². The van der Waals surface area contributed by atoms with E-state index in [1.807, 2.05) is 43.0 Å². The molecule has 140 valence electrons. The Balaban J connectivity index is 1.59. The first-order valence-electron chi connectivity index (χ1n) is 8.90. The zero-order chi connectivity index (χ0) is 18.5. The maximum Gasteiger partial charge on any atom is 0.222 e. The molecule has 2 aromatic rings. The summed E-state index contributed by atoms with van der Waals surface area (Å²) in [4.78, 5) is 25.0. The van der Waals surface area contributed by atoms with Gasteiger partial charge >= 0.3 is 0 Å². The van der Waals surface area contributed by atoms with Crippen LogP contribution in [-0.2, 0) is 16.1 Å². The second-order valence-electron chi connectivity index (χ2n) is 6.75. The van der Waals surface area contributed by atoms with Gasteiger partial charge in [0.25, 0.3) is 0 Å². The Bertz CT molecular complexity index is 731. The molecule has 0 unspecified atom stereocenters. The number of anilines is 1. The van der Waals surface area contributed by atoms with E-state index < -0.39 is 0 Å². The molecule has 2 aromatic heterocycles. The molecule has 1 aliphatic rings. The van der Waals surface area contributed by atoms with Crippen LogP contribution in [0.1, 0.15) is 30.3 Å². The van der Waals surface area contributed by atoms with Gasteiger partial charge in [0.05, 0.1) is 18.8 Å². The summed E-state index contributed by atoms with van der Waals surface area (Å²) in [5.41, 5.74) is 2.92. The third-order valence-corrected chi connectivity index (χ3v) is 4.47. The Hall–Kier alpha value is -2.48. The van der Waals surface area contributed by atoms with Gasteiger partial charge in [-0.25, -0.2) is 4.98 Å². The molecule has 8 heteroatoms. The number of carbonyl (C=O) groups excluding carboxylic acids is 1. The van der Waals surface area contributed by atoms with Crippen LogP contribution >= 0.6 is 0 Å². The first-order chi connectivity index (χ1) is 12.5. The lowest BCUT2D eigenvalue weighted by atomic mass is 10.1. The number of amides is 1. The minimum absolute atomic E-state index is 0.152. The number of nitrogens with zero attached hydrogens (tertiary/aromatic N) is 6. The lowest BCUT2D eigenvalue weighted by Gasteiger charge is -2.33. The molecule has 1 aliphatic heterocycles. The first-order valence-corrected chi connectivity index (χ1v) is 8.90. The highest BCUT2D eigenvalue weighted by molar-refractivity contribution is 5.76. The fourth-order valence-electron chi connectivity index (χ4n) is 3.05. The summed E-state index contributed by atoms with van der Waals surface area (Å²) in [5, 5.41) is 4.06. The molecule has 26 heavy (non-hydrogen) atoms. The summed E-state index contributed by atoms with van der Waals surface area (Å²) in [7, 11) is 4.01. The average molecular weight is 358 g/mol. The molecular weight excluding hydrogens is 332 g/mol. The van der Waals surface area contributed by atoms with E-state index in [0.717, 1.165) is 23.5 Å². The third kappa shape index (κ3) is 4.57. The third-order valence-electron chi connectivity index (χ3n) is 4.47. The Morgan fingerprint density at radius 3 is 2.96 bits per heavy atom. The Labute approximate surface area is 153 Å². The van der Waals surface area contributed by atoms with Crippen LogP contribution < -0.4 is 4.90 Å². The van der Waals surface area contributed by atoms with E-state index in [4.69, 9.17) is 4.74 Å². The lowest BCUT2D eigenvalue weighted by molar-refractivity contribution is -0.139. The smallest absolute Gasteiger partial charge is 0.222 e. The molecule has 0 bridgehead atoms. The van der Waals surface area contributed by atoms with Gasteiger partial charge in [0.2, 0.25) is 5.91 Å². The van der Waals surface area contributed by atoms with Crippen molar-refractivity contribution < 1.29 is 9.53 Å². The van der Waals surface area contributed by atoms with Gasteiger partial charge in [-0.05, 0) is 25.5 Å². The normalized spacial score (nSPS) is 17.3. The average Bonchev–Trinajstić information content (AvgIpc) is 3.14. The Morgan fingerprint density at radius 1 is 1.38 bits per heavy atom. The fourth-order valence-corrected chi connectivity index (χ4v) is 3.05. The maximum atomic E-state index is 12.5. The molecule has 1 fully saturated rings. The predicted octanol–water partition coefficient (Wildman–Crippen LogP) is 1.43. The van der Waals surface area contributed by atoms with E-state index >= 15 is 0 Å². The van der Waals surface area contributed by atoms with Crippen molar-refractivity contribution in [2.45, 2.75) is 32.4 Å². The highest BCUT2D eigenvalue weighted by atomic mass is 16.5. The molecule has 0 aromatic carbocycles. The van der Waals surface area contributed by atoms with Crippen molar-refractivity contribution in [3.05, 3.63) is 36.2 Å². The fraction of sp³-hybridized carbons (Fsp3) is 0.556. The van der Waals surface area contributed by atoms with Gasteiger partial charge in [-0.1, -0.05) is 0 Å². The number of hydrogen-bond donors (Lipinski definition) is 0. The highest BCUT2D eigenvalue weighted by Gasteiger charge is 2.26. The minimum Gasteiger partial charge on any atom is -0.378 e. The number of aromatic nitrogens is 4. The van der Waals surface area contributed by atoms with E-state index in [1.54, 1.807) is 11.0 Å². The molecule has 3 rings (SSSR count). The van der Waals surface area contributed by atoms with Crippen molar-refractivity contribution in [1.82, 2.24) is 24.6 Å². The summed E-state index contributed by atoms with van der Waals surface area (Å²) < 4.78 is 7.65. The summed E-state index contributed by atoms with van der Waals surface area (Å²) in [5.74, 6) is 0.152. The number of ether oxygens (including phenoxy) is 1. The standard InChI is InChI=1S/C18H26N6O2/c1-14-9-15(22(2)3)10-16(21-14)17-11-23(7-8-26-17)18(25)5-4-6-24-13-19-12-20-24/h9-10,12-13,17H,4-8,11H2,1-3H3/t17-/m1/s1. The van der Waals surface area contributed by atoms with Crippen LogP contribution in [0.3, 0.4) is 0 Å². The molecule has 8 nitrogen and oxygen atoms in total. The molecule has 1 saturated heterocycles. The van der Waals surface area contributed by atoms with Crippen LogP contribution in [0, 0.1) is 6.92 Å². The topological polar surface area (TPSA) is 76.4 Å². The van der Waals surface area contributed by atoms with Gasteiger partial charge in [-0.15, -0.1) is 0 Å². The second kappa shape index (κ2) is 8.27. The number of aryl methyl sites for hydroxylation is 2. The summed E-state index contributed by atoms with van der Waals surface area (Å²) in [6.07, 6.45) is 4.24. The maximum absolute atomic E-state index is 12.5. The molecule has 0 spiro atoms. The highest BCUT2D eigenvalue weighted by Crippen LogP contribution is 2.25. The number of carbonyl (C=O) groups is 1. The SMILES string of the molecule is Cc1cc(N(C)C)cc([C@H]2CN(C(=O)CCCn3cncn3)CCO2)n1. The van der Waals surface area contributed by atoms with Crippen LogP contribution in [0.25, 0.3) is 0 Å². The van der Waals surface area contributed by atoms with Crippen LogP contribution in [0.5, 0.6) is 0 Å². The van der Waals surface area contributed by atoms with E-state index in [1.165, 1.54) is 6.33 Å². The summed E-state index contributed by atoms with van der Waals surface area (Å²) in [6.45, 7) is 4.39. The molecule has 0 aliphatic carbocycles. The van der Waals surface area contributed by atoms with Crippen molar-refractivity contribution in [3.63, 3.8) is 0 Å². The van der Waals surface area contributed by atoms with Crippen LogP contribution in [0.4, 0.5) is 5.69 Å². The number of hydrogen-bond acceptors (Lipinski definition) is 6. The van der Waals surface area contributed by atoms with Crippen molar-refractivity contribution in [1.29, 1.82) is 0 Å². The number of rotatable bonds is 6. The van der Waals surface area contributed by atoms with E-state index in [2.05, 4.69) is 15.1 Å². The van der Waals surface area contributed by atoms with Crippen molar-refractivity contribution >= 4 is 11.6 Å². The van der Waals surface area contributed by atoms with Gasteiger partial charge in [0.1, 0.15) is 18.8 Å². The largest absolute Gasteiger partial charge is 0.378 e. The molecular formula is C18H26N6O2. The Kier molecular flexibility index (Phi) is 5.82. The van der Waals surface area contributed by atoms with Crippen molar-refractivity contribution in [3.8, 4) is 0 Å². The van der Waals surface area contributed by atoms with Crippen LogP contribution in [-0.4, -0.2) is 64.3 Å². The molecule has 0 N–H and O–H groups in total. The monoisotopic (exact) mass is 358 g/mol.